The number of rotatable bonds is 7. The highest BCUT2D eigenvalue weighted by atomic mass is 16.5. The highest BCUT2D eigenvalue weighted by molar-refractivity contribution is 5.81. The third-order valence-electron chi connectivity index (χ3n) is 4.24. The molecule has 1 atom stereocenters. The van der Waals surface area contributed by atoms with E-state index in [0.29, 0.717) is 0 Å². The van der Waals surface area contributed by atoms with Crippen LogP contribution in [0.4, 0.5) is 0 Å². The Kier molecular flexibility index (Phi) is 12.9. The fourth-order valence-electron chi connectivity index (χ4n) is 2.78. The van der Waals surface area contributed by atoms with E-state index in [2.05, 4.69) is 48.6 Å². The van der Waals surface area contributed by atoms with Crippen molar-refractivity contribution in [2.45, 2.75) is 60.4 Å². The molecular weight excluding hydrogens is 334 g/mol. The van der Waals surface area contributed by atoms with Crippen LogP contribution in [-0.2, 0) is 17.6 Å². The van der Waals surface area contributed by atoms with E-state index in [1.807, 2.05) is 40.8 Å². The maximum Gasteiger partial charge on any atom is 0.147 e. The third kappa shape index (κ3) is 7.56. The summed E-state index contributed by atoms with van der Waals surface area (Å²) in [5.41, 5.74) is 4.86. The molecule has 2 aromatic carbocycles. The summed E-state index contributed by atoms with van der Waals surface area (Å²) in [5.74, 6) is 1.06. The van der Waals surface area contributed by atoms with Gasteiger partial charge in [-0.1, -0.05) is 65.0 Å². The normalized spacial score (nSPS) is 10.7. The first kappa shape index (κ1) is 24.9. The van der Waals surface area contributed by atoms with Gasteiger partial charge < -0.3 is 10.1 Å². The van der Waals surface area contributed by atoms with Crippen molar-refractivity contribution >= 4 is 5.78 Å². The van der Waals surface area contributed by atoms with E-state index in [4.69, 9.17) is 4.74 Å². The summed E-state index contributed by atoms with van der Waals surface area (Å²) >= 11 is 0. The topological polar surface area (TPSA) is 38.3 Å². The van der Waals surface area contributed by atoms with E-state index in [1.165, 1.54) is 16.7 Å². The molecule has 0 radical (unpaired) electrons. The summed E-state index contributed by atoms with van der Waals surface area (Å²) in [6, 6.07) is 14.5. The zero-order chi connectivity index (χ0) is 20.8. The first-order valence-corrected chi connectivity index (χ1v) is 10.0. The Morgan fingerprint density at radius 1 is 1.04 bits per heavy atom. The van der Waals surface area contributed by atoms with E-state index < -0.39 is 0 Å². The van der Waals surface area contributed by atoms with Crippen LogP contribution in [0, 0.1) is 0 Å². The average molecular weight is 372 g/mol. The van der Waals surface area contributed by atoms with Crippen LogP contribution in [0.2, 0.25) is 0 Å². The third-order valence-corrected chi connectivity index (χ3v) is 4.24. The van der Waals surface area contributed by atoms with Gasteiger partial charge in [-0.05, 0) is 61.2 Å². The molecule has 0 aliphatic heterocycles. The van der Waals surface area contributed by atoms with Crippen LogP contribution in [0.1, 0.15) is 52.7 Å². The molecule has 2 rings (SSSR count). The van der Waals surface area contributed by atoms with Gasteiger partial charge in [0.15, 0.2) is 0 Å². The summed E-state index contributed by atoms with van der Waals surface area (Å²) in [6.45, 7) is 11.8. The van der Waals surface area contributed by atoms with E-state index >= 15 is 0 Å². The van der Waals surface area contributed by atoms with Gasteiger partial charge in [-0.2, -0.15) is 0 Å². The van der Waals surface area contributed by atoms with Crippen molar-refractivity contribution in [2.75, 3.05) is 14.2 Å². The Morgan fingerprint density at radius 3 is 2.07 bits per heavy atom. The number of Topliss-reactive ketones (excluding diaryl/α,β-unsaturated/α-hetero) is 1. The minimum atomic E-state index is -0.118. The van der Waals surface area contributed by atoms with Crippen LogP contribution in [0.3, 0.4) is 0 Å². The predicted molar refractivity (Wildman–Crippen MR) is 118 cm³/mol. The monoisotopic (exact) mass is 371 g/mol. The SMILES string of the molecule is CC.CC.CCc1cc(OC)ccc1-c1ccc(CC(NC)C(C)=O)cc1. The van der Waals surface area contributed by atoms with Crippen LogP contribution in [0.15, 0.2) is 42.5 Å². The molecule has 150 valence electrons. The Balaban J connectivity index is 0.00000158. The molecule has 27 heavy (non-hydrogen) atoms. The summed E-state index contributed by atoms with van der Waals surface area (Å²) < 4.78 is 5.31. The van der Waals surface area contributed by atoms with Gasteiger partial charge in [0.2, 0.25) is 0 Å². The van der Waals surface area contributed by atoms with E-state index in [1.54, 1.807) is 14.0 Å². The number of hydrogen-bond donors (Lipinski definition) is 1. The molecule has 0 spiro atoms. The summed E-state index contributed by atoms with van der Waals surface area (Å²) in [7, 11) is 3.52. The molecule has 0 saturated carbocycles. The van der Waals surface area contributed by atoms with E-state index in [9.17, 15) is 4.79 Å². The first-order chi connectivity index (χ1) is 13.1. The highest BCUT2D eigenvalue weighted by Crippen LogP contribution is 2.28. The number of aryl methyl sites for hydroxylation is 1. The second-order valence-corrected chi connectivity index (χ2v) is 5.73. The Hall–Kier alpha value is -2.13. The molecular formula is C24H37NO2. The lowest BCUT2D eigenvalue weighted by atomic mass is 9.95. The number of methoxy groups -OCH3 is 1. The number of ether oxygens (including phenoxy) is 1. The molecule has 3 nitrogen and oxygen atoms in total. The van der Waals surface area contributed by atoms with Crippen LogP contribution in [0.25, 0.3) is 11.1 Å². The number of benzene rings is 2. The zero-order valence-electron chi connectivity index (χ0n) is 18.3. The van der Waals surface area contributed by atoms with Crippen molar-refractivity contribution in [1.82, 2.24) is 5.32 Å². The Labute approximate surface area is 166 Å². The van der Waals surface area contributed by atoms with Crippen molar-refractivity contribution in [1.29, 1.82) is 0 Å². The molecule has 0 saturated heterocycles. The molecule has 1 unspecified atom stereocenters. The molecule has 0 heterocycles. The van der Waals surface area contributed by atoms with E-state index in [0.717, 1.165) is 24.2 Å². The van der Waals surface area contributed by atoms with Crippen LogP contribution in [0.5, 0.6) is 5.75 Å². The number of nitrogens with one attached hydrogen (secondary N) is 1. The number of ketones is 1. The predicted octanol–water partition coefficient (Wildman–Crippen LogP) is 5.70. The number of carbonyl (C=O) groups is 1. The van der Waals surface area contributed by atoms with Crippen molar-refractivity contribution in [3.05, 3.63) is 53.6 Å². The minimum Gasteiger partial charge on any atom is -0.497 e. The van der Waals surface area contributed by atoms with Crippen LogP contribution < -0.4 is 10.1 Å². The summed E-state index contributed by atoms with van der Waals surface area (Å²) in [6.07, 6.45) is 1.68. The fraction of sp³-hybridized carbons (Fsp3) is 0.458. The lowest BCUT2D eigenvalue weighted by Crippen LogP contribution is -2.34. The molecule has 0 fully saturated rings. The van der Waals surface area contributed by atoms with Crippen LogP contribution in [-0.4, -0.2) is 26.0 Å². The molecule has 0 bridgehead atoms. The average Bonchev–Trinajstić information content (AvgIpc) is 2.74. The molecule has 0 aromatic heterocycles. The van der Waals surface area contributed by atoms with Crippen LogP contribution >= 0.6 is 0 Å². The van der Waals surface area contributed by atoms with Gasteiger partial charge in [0, 0.05) is 0 Å². The van der Waals surface area contributed by atoms with Gasteiger partial charge in [-0.25, -0.2) is 0 Å². The molecule has 0 amide bonds. The van der Waals surface area contributed by atoms with Gasteiger partial charge in [0.05, 0.1) is 13.2 Å². The van der Waals surface area contributed by atoms with Gasteiger partial charge in [0.25, 0.3) is 0 Å². The van der Waals surface area contributed by atoms with Crippen molar-refractivity contribution in [3.8, 4) is 16.9 Å². The van der Waals surface area contributed by atoms with Gasteiger partial charge in [0.1, 0.15) is 11.5 Å². The fourth-order valence-corrected chi connectivity index (χ4v) is 2.78. The van der Waals surface area contributed by atoms with E-state index in [-0.39, 0.29) is 11.8 Å². The summed E-state index contributed by atoms with van der Waals surface area (Å²) in [5, 5.41) is 3.06. The Bertz CT molecular complexity index is 663. The van der Waals surface area contributed by atoms with Gasteiger partial charge >= 0.3 is 0 Å². The highest BCUT2D eigenvalue weighted by Gasteiger charge is 2.12. The quantitative estimate of drug-likeness (QED) is 0.679. The second-order valence-electron chi connectivity index (χ2n) is 5.73. The van der Waals surface area contributed by atoms with Crippen molar-refractivity contribution in [2.24, 2.45) is 0 Å². The smallest absolute Gasteiger partial charge is 0.147 e. The lowest BCUT2D eigenvalue weighted by Gasteiger charge is -2.14. The molecule has 1 N–H and O–H groups in total. The molecule has 2 aromatic rings. The maximum absolute atomic E-state index is 11.5. The molecule has 0 aliphatic carbocycles. The number of carbonyl (C=O) groups excluding carboxylic acids is 1. The largest absolute Gasteiger partial charge is 0.497 e. The first-order valence-electron chi connectivity index (χ1n) is 10.0. The van der Waals surface area contributed by atoms with Gasteiger partial charge in [-0.15, -0.1) is 0 Å². The van der Waals surface area contributed by atoms with Gasteiger partial charge in [-0.3, -0.25) is 4.79 Å². The minimum absolute atomic E-state index is 0.118. The summed E-state index contributed by atoms with van der Waals surface area (Å²) in [4.78, 5) is 11.5. The van der Waals surface area contributed by atoms with Crippen molar-refractivity contribution in [3.63, 3.8) is 0 Å². The molecule has 3 heteroatoms. The number of hydrogen-bond acceptors (Lipinski definition) is 3. The standard InChI is InChI=1S/C20H25NO2.2C2H6/c1-5-16-13-18(23-4)10-11-19(16)17-8-6-15(7-9-17)12-20(21-3)14(2)22;2*1-2/h6-11,13,20-21H,5,12H2,1-4H3;2*1-2H3. The zero-order valence-corrected chi connectivity index (χ0v) is 18.3. The number of likely N-dealkylation sites (N-methyl/N-ethyl adjacent to an activating group) is 1. The lowest BCUT2D eigenvalue weighted by molar-refractivity contribution is -0.118. The maximum atomic E-state index is 11.5. The molecule has 0 aliphatic rings. The Morgan fingerprint density at radius 2 is 1.63 bits per heavy atom. The van der Waals surface area contributed by atoms with Crippen molar-refractivity contribution < 1.29 is 9.53 Å². The second kappa shape index (κ2) is 14.0.